The van der Waals surface area contributed by atoms with Crippen molar-refractivity contribution in [3.63, 3.8) is 0 Å². The minimum atomic E-state index is -0.391. The number of hydrogen-bond donors (Lipinski definition) is 1. The van der Waals surface area contributed by atoms with Crippen molar-refractivity contribution in [2.45, 2.75) is 33.7 Å². The number of carbonyl (C=O) groups excluding carboxylic acids is 2. The van der Waals surface area contributed by atoms with Gasteiger partial charge in [0.05, 0.1) is 10.9 Å². The van der Waals surface area contributed by atoms with Gasteiger partial charge in [-0.1, -0.05) is 49.4 Å². The van der Waals surface area contributed by atoms with Gasteiger partial charge < -0.3 is 9.88 Å². The summed E-state index contributed by atoms with van der Waals surface area (Å²) in [6, 6.07) is 18.1. The van der Waals surface area contributed by atoms with E-state index < -0.39 is 5.43 Å². The summed E-state index contributed by atoms with van der Waals surface area (Å²) in [5.41, 5.74) is 3.90. The molecule has 1 amide bonds. The molecule has 0 aliphatic rings. The molecule has 0 saturated heterocycles. The predicted octanol–water partition coefficient (Wildman–Crippen LogP) is 4.45. The average molecular weight is 440 g/mol. The minimum Gasteiger partial charge on any atom is -0.324 e. The largest absolute Gasteiger partial charge is 0.324 e. The van der Waals surface area contributed by atoms with Crippen molar-refractivity contribution in [3.8, 4) is 0 Å². The number of carbonyl (C=O) groups is 2. The van der Waals surface area contributed by atoms with Gasteiger partial charge in [-0.2, -0.15) is 0 Å². The van der Waals surface area contributed by atoms with Gasteiger partial charge in [0, 0.05) is 23.1 Å². The molecule has 2 aromatic heterocycles. The van der Waals surface area contributed by atoms with E-state index in [-0.39, 0.29) is 23.8 Å². The third-order valence-electron chi connectivity index (χ3n) is 5.66. The highest BCUT2D eigenvalue weighted by molar-refractivity contribution is 6.10. The molecular weight excluding hydrogens is 414 g/mol. The molecule has 4 aromatic rings. The van der Waals surface area contributed by atoms with Crippen LogP contribution in [0.15, 0.2) is 71.7 Å². The Morgan fingerprint density at radius 1 is 0.970 bits per heavy atom. The number of pyridine rings is 2. The molecule has 0 fully saturated rings. The van der Waals surface area contributed by atoms with Gasteiger partial charge in [0.2, 0.25) is 11.3 Å². The van der Waals surface area contributed by atoms with Crippen LogP contribution in [0.1, 0.15) is 39.7 Å². The van der Waals surface area contributed by atoms with Crippen LogP contribution in [-0.2, 0) is 17.8 Å². The SMILES string of the molecule is CCc1ccc(C(=O)c2cn(CC(=O)Nc3ccccc3C)c3nc(C)ccc3c2=O)cc1. The number of ketones is 1. The molecule has 0 radical (unpaired) electrons. The molecule has 2 heterocycles. The maximum atomic E-state index is 13.2. The molecule has 0 unspecified atom stereocenters. The Kier molecular flexibility index (Phi) is 6.18. The molecule has 0 bridgehead atoms. The van der Waals surface area contributed by atoms with Crippen molar-refractivity contribution < 1.29 is 9.59 Å². The lowest BCUT2D eigenvalue weighted by Crippen LogP contribution is -2.25. The molecule has 0 aliphatic heterocycles. The van der Waals surface area contributed by atoms with Crippen molar-refractivity contribution in [2.75, 3.05) is 5.32 Å². The van der Waals surface area contributed by atoms with Crippen molar-refractivity contribution >= 4 is 28.4 Å². The lowest BCUT2D eigenvalue weighted by Gasteiger charge is -2.14. The van der Waals surface area contributed by atoms with Crippen LogP contribution in [-0.4, -0.2) is 21.2 Å². The Morgan fingerprint density at radius 3 is 2.39 bits per heavy atom. The van der Waals surface area contributed by atoms with Crippen molar-refractivity contribution in [1.29, 1.82) is 0 Å². The summed E-state index contributed by atoms with van der Waals surface area (Å²) in [6.07, 6.45) is 2.31. The molecule has 6 heteroatoms. The van der Waals surface area contributed by atoms with Gasteiger partial charge in [-0.25, -0.2) is 4.98 Å². The Labute approximate surface area is 191 Å². The summed E-state index contributed by atoms with van der Waals surface area (Å²) in [5.74, 6) is -0.651. The zero-order valence-corrected chi connectivity index (χ0v) is 18.9. The number of nitrogens with zero attached hydrogens (tertiary/aromatic N) is 2. The normalized spacial score (nSPS) is 10.9. The highest BCUT2D eigenvalue weighted by atomic mass is 16.2. The monoisotopic (exact) mass is 439 g/mol. The number of benzene rings is 2. The van der Waals surface area contributed by atoms with E-state index in [4.69, 9.17) is 0 Å². The number of para-hydroxylation sites is 1. The molecule has 6 nitrogen and oxygen atoms in total. The van der Waals surface area contributed by atoms with Gasteiger partial charge in [0.1, 0.15) is 12.2 Å². The number of amides is 1. The lowest BCUT2D eigenvalue weighted by atomic mass is 10.0. The number of anilines is 1. The van der Waals surface area contributed by atoms with E-state index in [2.05, 4.69) is 10.3 Å². The van der Waals surface area contributed by atoms with Crippen LogP contribution in [0.5, 0.6) is 0 Å². The Morgan fingerprint density at radius 2 is 1.70 bits per heavy atom. The van der Waals surface area contributed by atoms with Crippen LogP contribution in [0.4, 0.5) is 5.69 Å². The average Bonchev–Trinajstić information content (AvgIpc) is 2.82. The third kappa shape index (κ3) is 4.60. The zero-order chi connectivity index (χ0) is 23.5. The topological polar surface area (TPSA) is 81.1 Å². The van der Waals surface area contributed by atoms with E-state index in [1.54, 1.807) is 28.8 Å². The van der Waals surface area contributed by atoms with Crippen molar-refractivity contribution in [1.82, 2.24) is 9.55 Å². The second-order valence-electron chi connectivity index (χ2n) is 8.07. The standard InChI is InChI=1S/C27H25N3O3/c1-4-19-10-12-20(13-11-19)25(32)22-15-30(27-21(26(22)33)14-9-18(3)28-27)16-24(31)29-23-8-6-5-7-17(23)2/h5-15H,4,16H2,1-3H3,(H,29,31). The Balaban J connectivity index is 1.76. The molecule has 1 N–H and O–H groups in total. The first-order valence-corrected chi connectivity index (χ1v) is 10.9. The van der Waals surface area contributed by atoms with Crippen LogP contribution in [0.25, 0.3) is 11.0 Å². The number of aryl methyl sites for hydroxylation is 3. The van der Waals surface area contributed by atoms with E-state index in [9.17, 15) is 14.4 Å². The molecule has 166 valence electrons. The summed E-state index contributed by atoms with van der Waals surface area (Å²) in [5, 5.41) is 3.20. The number of nitrogens with one attached hydrogen (secondary N) is 1. The van der Waals surface area contributed by atoms with Gasteiger partial charge in [-0.05, 0) is 49.6 Å². The third-order valence-corrected chi connectivity index (χ3v) is 5.66. The smallest absolute Gasteiger partial charge is 0.244 e. The molecule has 0 saturated carbocycles. The predicted molar refractivity (Wildman–Crippen MR) is 130 cm³/mol. The Bertz CT molecular complexity index is 1420. The fourth-order valence-corrected chi connectivity index (χ4v) is 3.75. The minimum absolute atomic E-state index is 0.0149. The fraction of sp³-hybridized carbons (Fsp3) is 0.185. The summed E-state index contributed by atoms with van der Waals surface area (Å²) < 4.78 is 1.57. The van der Waals surface area contributed by atoms with Gasteiger partial charge in [0.25, 0.3) is 0 Å². The van der Waals surface area contributed by atoms with Crippen LogP contribution < -0.4 is 10.7 Å². The van der Waals surface area contributed by atoms with E-state index in [0.29, 0.717) is 28.0 Å². The molecule has 0 aliphatic carbocycles. The number of fused-ring (bicyclic) bond motifs is 1. The molecule has 4 rings (SSSR count). The van der Waals surface area contributed by atoms with Gasteiger partial charge >= 0.3 is 0 Å². The number of rotatable bonds is 6. The number of hydrogen-bond acceptors (Lipinski definition) is 4. The zero-order valence-electron chi connectivity index (χ0n) is 18.9. The molecular formula is C27H25N3O3. The van der Waals surface area contributed by atoms with Gasteiger partial charge in [0.15, 0.2) is 5.78 Å². The maximum Gasteiger partial charge on any atom is 0.244 e. The van der Waals surface area contributed by atoms with Gasteiger partial charge in [-0.15, -0.1) is 0 Å². The van der Waals surface area contributed by atoms with E-state index in [1.165, 1.54) is 6.20 Å². The van der Waals surface area contributed by atoms with Crippen LogP contribution in [0.2, 0.25) is 0 Å². The Hall–Kier alpha value is -4.06. The first-order chi connectivity index (χ1) is 15.9. The molecule has 0 atom stereocenters. The summed E-state index contributed by atoms with van der Waals surface area (Å²) in [4.78, 5) is 43.7. The van der Waals surface area contributed by atoms with E-state index >= 15 is 0 Å². The van der Waals surface area contributed by atoms with E-state index in [1.807, 2.05) is 57.2 Å². The molecule has 2 aromatic carbocycles. The second kappa shape index (κ2) is 9.20. The number of aromatic nitrogens is 2. The fourth-order valence-electron chi connectivity index (χ4n) is 3.75. The van der Waals surface area contributed by atoms with Gasteiger partial charge in [-0.3, -0.25) is 14.4 Å². The summed E-state index contributed by atoms with van der Waals surface area (Å²) in [6.45, 7) is 5.68. The quantitative estimate of drug-likeness (QED) is 0.450. The lowest BCUT2D eigenvalue weighted by molar-refractivity contribution is -0.116. The first-order valence-electron chi connectivity index (χ1n) is 10.9. The van der Waals surface area contributed by atoms with Crippen LogP contribution in [0.3, 0.4) is 0 Å². The van der Waals surface area contributed by atoms with Crippen LogP contribution in [0, 0.1) is 13.8 Å². The van der Waals surface area contributed by atoms with Crippen molar-refractivity contribution in [2.24, 2.45) is 0 Å². The summed E-state index contributed by atoms with van der Waals surface area (Å²) >= 11 is 0. The summed E-state index contributed by atoms with van der Waals surface area (Å²) in [7, 11) is 0. The maximum absolute atomic E-state index is 13.2. The second-order valence-corrected chi connectivity index (χ2v) is 8.07. The molecule has 33 heavy (non-hydrogen) atoms. The highest BCUT2D eigenvalue weighted by Gasteiger charge is 2.19. The van der Waals surface area contributed by atoms with Crippen molar-refractivity contribution in [3.05, 3.63) is 105 Å². The van der Waals surface area contributed by atoms with Crippen LogP contribution >= 0.6 is 0 Å². The van der Waals surface area contributed by atoms with E-state index in [0.717, 1.165) is 17.5 Å². The molecule has 0 spiro atoms. The highest BCUT2D eigenvalue weighted by Crippen LogP contribution is 2.17. The first kappa shape index (κ1) is 22.1.